The van der Waals surface area contributed by atoms with Crippen LogP contribution in [0.2, 0.25) is 0 Å². The molecule has 100 valence electrons. The Hall–Kier alpha value is -0.120. The van der Waals surface area contributed by atoms with Gasteiger partial charge in [0.2, 0.25) is 0 Å². The summed E-state index contributed by atoms with van der Waals surface area (Å²) < 4.78 is 0. The minimum atomic E-state index is 0.321. The number of hydrogen-bond donors (Lipinski definition) is 1. The Morgan fingerprint density at radius 1 is 1.41 bits per heavy atom. The summed E-state index contributed by atoms with van der Waals surface area (Å²) in [4.78, 5) is 5.19. The van der Waals surface area contributed by atoms with Gasteiger partial charge in [-0.25, -0.2) is 0 Å². The molecule has 2 aliphatic rings. The van der Waals surface area contributed by atoms with E-state index in [9.17, 15) is 0 Å². The van der Waals surface area contributed by atoms with Crippen LogP contribution in [-0.4, -0.2) is 54.6 Å². The van der Waals surface area contributed by atoms with Crippen molar-refractivity contribution >= 4 is 0 Å². The maximum atomic E-state index is 6.02. The minimum Gasteiger partial charge on any atom is -0.329 e. The molecule has 1 atom stereocenters. The molecule has 0 radical (unpaired) electrons. The Morgan fingerprint density at radius 3 is 2.65 bits per heavy atom. The zero-order valence-corrected chi connectivity index (χ0v) is 11.8. The number of likely N-dealkylation sites (N-methyl/N-ethyl adjacent to an activating group) is 2. The summed E-state index contributed by atoms with van der Waals surface area (Å²) in [5.41, 5.74) is 6.34. The van der Waals surface area contributed by atoms with E-state index in [4.69, 9.17) is 5.73 Å². The lowest BCUT2D eigenvalue weighted by atomic mass is 9.68. The van der Waals surface area contributed by atoms with Crippen LogP contribution in [0.3, 0.4) is 0 Å². The molecule has 3 nitrogen and oxygen atoms in total. The summed E-state index contributed by atoms with van der Waals surface area (Å²) in [5.74, 6) is 0.867. The molecular formula is C14H29N3. The van der Waals surface area contributed by atoms with Crippen LogP contribution in [0.5, 0.6) is 0 Å². The molecule has 0 bridgehead atoms. The van der Waals surface area contributed by atoms with Crippen LogP contribution in [0.1, 0.15) is 39.5 Å². The van der Waals surface area contributed by atoms with Gasteiger partial charge in [0.25, 0.3) is 0 Å². The molecule has 1 aliphatic heterocycles. The van der Waals surface area contributed by atoms with Crippen molar-refractivity contribution in [1.29, 1.82) is 0 Å². The number of hydrogen-bond acceptors (Lipinski definition) is 3. The van der Waals surface area contributed by atoms with Gasteiger partial charge in [0.1, 0.15) is 0 Å². The van der Waals surface area contributed by atoms with Crippen molar-refractivity contribution < 1.29 is 0 Å². The molecule has 2 rings (SSSR count). The molecule has 1 saturated heterocycles. The topological polar surface area (TPSA) is 32.5 Å². The molecule has 1 saturated carbocycles. The van der Waals surface area contributed by atoms with Crippen molar-refractivity contribution in [2.24, 2.45) is 11.7 Å². The molecule has 1 unspecified atom stereocenters. The molecule has 0 amide bonds. The second kappa shape index (κ2) is 5.25. The fourth-order valence-corrected chi connectivity index (χ4v) is 3.90. The molecule has 0 aromatic rings. The van der Waals surface area contributed by atoms with Gasteiger partial charge in [0.15, 0.2) is 0 Å². The van der Waals surface area contributed by atoms with E-state index in [0.717, 1.165) is 18.5 Å². The number of rotatable bonds is 5. The van der Waals surface area contributed by atoms with E-state index in [0.29, 0.717) is 5.54 Å². The molecule has 17 heavy (non-hydrogen) atoms. The number of nitrogens with zero attached hydrogens (tertiary/aromatic N) is 2. The predicted octanol–water partition coefficient (Wildman–Crippen LogP) is 1.53. The predicted molar refractivity (Wildman–Crippen MR) is 73.1 cm³/mol. The lowest BCUT2D eigenvalue weighted by molar-refractivity contribution is -0.00694. The van der Waals surface area contributed by atoms with E-state index in [1.165, 1.54) is 45.3 Å². The van der Waals surface area contributed by atoms with Crippen LogP contribution in [0.25, 0.3) is 0 Å². The van der Waals surface area contributed by atoms with Crippen molar-refractivity contribution in [3.05, 3.63) is 0 Å². The van der Waals surface area contributed by atoms with Crippen LogP contribution < -0.4 is 5.73 Å². The standard InChI is InChI=1S/C14H29N3/c1-4-17-7-5-6-13(17)10-16(3)14(11-15)8-12(2)9-14/h12-13H,4-11,15H2,1-3H3. The van der Waals surface area contributed by atoms with Crippen molar-refractivity contribution in [1.82, 2.24) is 9.80 Å². The summed E-state index contributed by atoms with van der Waals surface area (Å²) in [6, 6.07) is 0.768. The van der Waals surface area contributed by atoms with Gasteiger partial charge in [-0.2, -0.15) is 0 Å². The smallest absolute Gasteiger partial charge is 0.0334 e. The average Bonchev–Trinajstić information content (AvgIpc) is 2.71. The highest BCUT2D eigenvalue weighted by Gasteiger charge is 2.44. The summed E-state index contributed by atoms with van der Waals surface area (Å²) in [6.45, 7) is 9.15. The van der Waals surface area contributed by atoms with Crippen LogP contribution in [-0.2, 0) is 0 Å². The quantitative estimate of drug-likeness (QED) is 0.790. The maximum absolute atomic E-state index is 6.02. The fraction of sp³-hybridized carbons (Fsp3) is 1.00. The summed E-state index contributed by atoms with van der Waals surface area (Å²) >= 11 is 0. The van der Waals surface area contributed by atoms with Crippen LogP contribution in [0.4, 0.5) is 0 Å². The minimum absolute atomic E-state index is 0.321. The van der Waals surface area contributed by atoms with Crippen LogP contribution in [0, 0.1) is 5.92 Å². The zero-order valence-electron chi connectivity index (χ0n) is 11.8. The van der Waals surface area contributed by atoms with Gasteiger partial charge in [-0.05, 0) is 51.7 Å². The highest BCUT2D eigenvalue weighted by molar-refractivity contribution is 5.02. The molecule has 0 aromatic heterocycles. The van der Waals surface area contributed by atoms with Crippen LogP contribution >= 0.6 is 0 Å². The SMILES string of the molecule is CCN1CCCC1CN(C)C1(CN)CC(C)C1. The lowest BCUT2D eigenvalue weighted by Gasteiger charge is -2.53. The lowest BCUT2D eigenvalue weighted by Crippen LogP contribution is -2.61. The summed E-state index contributed by atoms with van der Waals surface area (Å²) in [7, 11) is 2.28. The maximum Gasteiger partial charge on any atom is 0.0334 e. The molecule has 1 aliphatic carbocycles. The summed E-state index contributed by atoms with van der Waals surface area (Å²) in [6.07, 6.45) is 5.32. The Labute approximate surface area is 106 Å². The van der Waals surface area contributed by atoms with Gasteiger partial charge < -0.3 is 5.73 Å². The van der Waals surface area contributed by atoms with E-state index in [2.05, 4.69) is 30.7 Å². The third kappa shape index (κ3) is 2.51. The Bertz CT molecular complexity index is 248. The second-order valence-electron chi connectivity index (χ2n) is 6.25. The molecule has 0 spiro atoms. The van der Waals surface area contributed by atoms with E-state index >= 15 is 0 Å². The van der Waals surface area contributed by atoms with Gasteiger partial charge in [-0.3, -0.25) is 9.80 Å². The average molecular weight is 239 g/mol. The number of likely N-dealkylation sites (tertiary alicyclic amines) is 1. The monoisotopic (exact) mass is 239 g/mol. The third-order valence-electron chi connectivity index (χ3n) is 5.04. The second-order valence-corrected chi connectivity index (χ2v) is 6.25. The highest BCUT2D eigenvalue weighted by atomic mass is 15.3. The first-order valence-electron chi connectivity index (χ1n) is 7.26. The largest absolute Gasteiger partial charge is 0.329 e. The molecule has 0 aromatic carbocycles. The molecule has 2 fully saturated rings. The summed E-state index contributed by atoms with van der Waals surface area (Å²) in [5, 5.41) is 0. The van der Waals surface area contributed by atoms with Crippen molar-refractivity contribution in [3.63, 3.8) is 0 Å². The molecular weight excluding hydrogens is 210 g/mol. The van der Waals surface area contributed by atoms with Gasteiger partial charge in [-0.1, -0.05) is 13.8 Å². The van der Waals surface area contributed by atoms with Gasteiger partial charge in [-0.15, -0.1) is 0 Å². The Kier molecular flexibility index (Phi) is 4.11. The first-order valence-corrected chi connectivity index (χ1v) is 7.26. The van der Waals surface area contributed by atoms with Gasteiger partial charge in [0, 0.05) is 24.7 Å². The van der Waals surface area contributed by atoms with Crippen molar-refractivity contribution in [3.8, 4) is 0 Å². The Morgan fingerprint density at radius 2 is 2.12 bits per heavy atom. The number of nitrogens with two attached hydrogens (primary N) is 1. The molecule has 1 heterocycles. The Balaban J connectivity index is 1.89. The van der Waals surface area contributed by atoms with E-state index < -0.39 is 0 Å². The van der Waals surface area contributed by atoms with Crippen molar-refractivity contribution in [2.75, 3.05) is 33.2 Å². The molecule has 2 N–H and O–H groups in total. The van der Waals surface area contributed by atoms with Crippen LogP contribution in [0.15, 0.2) is 0 Å². The third-order valence-corrected chi connectivity index (χ3v) is 5.04. The van der Waals surface area contributed by atoms with Crippen molar-refractivity contribution in [2.45, 2.75) is 51.1 Å². The highest BCUT2D eigenvalue weighted by Crippen LogP contribution is 2.41. The normalized spacial score (nSPS) is 38.6. The van der Waals surface area contributed by atoms with Gasteiger partial charge >= 0.3 is 0 Å². The van der Waals surface area contributed by atoms with E-state index in [1.54, 1.807) is 0 Å². The first kappa shape index (κ1) is 13.3. The fourth-order valence-electron chi connectivity index (χ4n) is 3.90. The molecule has 3 heteroatoms. The van der Waals surface area contributed by atoms with Gasteiger partial charge in [0.05, 0.1) is 0 Å². The first-order chi connectivity index (χ1) is 8.11. The van der Waals surface area contributed by atoms with E-state index in [1.807, 2.05) is 0 Å². The zero-order chi connectivity index (χ0) is 12.5. The van der Waals surface area contributed by atoms with E-state index in [-0.39, 0.29) is 0 Å².